The fourth-order valence-electron chi connectivity index (χ4n) is 7.42. The van der Waals surface area contributed by atoms with E-state index in [1.807, 2.05) is 13.8 Å². The molecule has 0 aromatic rings. The summed E-state index contributed by atoms with van der Waals surface area (Å²) in [4.78, 5) is 23.5. The Morgan fingerprint density at radius 3 is 2.58 bits per heavy atom. The van der Waals surface area contributed by atoms with Crippen molar-refractivity contribution in [2.45, 2.75) is 129 Å². The summed E-state index contributed by atoms with van der Waals surface area (Å²) in [5, 5.41) is 29.2. The maximum absolute atomic E-state index is 12.6. The summed E-state index contributed by atoms with van der Waals surface area (Å²) in [5.41, 5.74) is 2.88. The minimum atomic E-state index is -0.897. The lowest BCUT2D eigenvalue weighted by Crippen LogP contribution is -2.42. The Balaban J connectivity index is 1.80. The van der Waals surface area contributed by atoms with Crippen LogP contribution in [0.25, 0.3) is 0 Å². The molecule has 3 aliphatic carbocycles. The molecule has 6 heteroatoms. The molecule has 6 nitrogen and oxygen atoms in total. The molecule has 0 unspecified atom stereocenters. The Labute approximate surface area is 229 Å². The molecular formula is C32H50O6. The third-order valence-electron chi connectivity index (χ3n) is 9.38. The number of carbonyl (C=O) groups excluding carboxylic acids is 1. The maximum atomic E-state index is 12.6. The molecule has 0 aliphatic heterocycles. The number of aliphatic hydroxyl groups is 2. The first-order valence-corrected chi connectivity index (χ1v) is 14.7. The molecule has 6 atom stereocenters. The molecule has 0 heterocycles. The summed E-state index contributed by atoms with van der Waals surface area (Å²) < 4.78 is 5.98. The van der Waals surface area contributed by atoms with E-state index in [0.29, 0.717) is 37.0 Å². The number of hydrogen-bond acceptors (Lipinski definition) is 5. The minimum Gasteiger partial charge on any atom is -0.481 e. The van der Waals surface area contributed by atoms with E-state index < -0.39 is 11.6 Å². The lowest BCUT2D eigenvalue weighted by molar-refractivity contribution is -0.153. The van der Waals surface area contributed by atoms with Crippen molar-refractivity contribution in [3.8, 4) is 0 Å². The van der Waals surface area contributed by atoms with Crippen molar-refractivity contribution in [2.24, 2.45) is 23.2 Å². The summed E-state index contributed by atoms with van der Waals surface area (Å²) in [6.07, 6.45) is 13.0. The van der Waals surface area contributed by atoms with Crippen LogP contribution in [0.5, 0.6) is 0 Å². The molecule has 3 N–H and O–H groups in total. The highest BCUT2D eigenvalue weighted by Crippen LogP contribution is 2.60. The number of aliphatic hydroxyl groups excluding tert-OH is 1. The average Bonchev–Trinajstić information content (AvgIpc) is 3.15. The van der Waals surface area contributed by atoms with Crippen molar-refractivity contribution in [1.82, 2.24) is 0 Å². The zero-order chi connectivity index (χ0) is 28.1. The molecule has 3 fully saturated rings. The van der Waals surface area contributed by atoms with E-state index in [2.05, 4.69) is 32.6 Å². The van der Waals surface area contributed by atoms with Gasteiger partial charge < -0.3 is 20.1 Å². The van der Waals surface area contributed by atoms with Crippen LogP contribution < -0.4 is 0 Å². The van der Waals surface area contributed by atoms with E-state index in [-0.39, 0.29) is 36.4 Å². The maximum Gasteiger partial charge on any atom is 0.306 e. The fraction of sp³-hybridized carbons (Fsp3) is 0.750. The van der Waals surface area contributed by atoms with E-state index in [9.17, 15) is 19.8 Å². The lowest BCUT2D eigenvalue weighted by Gasteiger charge is -2.47. The van der Waals surface area contributed by atoms with Crippen molar-refractivity contribution >= 4 is 11.9 Å². The number of ether oxygens (including phenoxy) is 1. The Morgan fingerprint density at radius 2 is 1.89 bits per heavy atom. The molecule has 0 amide bonds. The van der Waals surface area contributed by atoms with E-state index in [1.165, 1.54) is 5.57 Å². The number of fused-ring (bicyclic) bond motifs is 1. The average molecular weight is 531 g/mol. The molecule has 0 saturated heterocycles. The van der Waals surface area contributed by atoms with Gasteiger partial charge in [0.2, 0.25) is 0 Å². The first-order valence-electron chi connectivity index (χ1n) is 14.7. The van der Waals surface area contributed by atoms with Gasteiger partial charge in [-0.05, 0) is 94.0 Å². The lowest BCUT2D eigenvalue weighted by atomic mass is 9.60. The van der Waals surface area contributed by atoms with Crippen molar-refractivity contribution in [2.75, 3.05) is 0 Å². The highest BCUT2D eigenvalue weighted by atomic mass is 16.5. The number of esters is 1. The second-order valence-corrected chi connectivity index (χ2v) is 13.1. The summed E-state index contributed by atoms with van der Waals surface area (Å²) in [6.45, 7) is 12.7. The van der Waals surface area contributed by atoms with Gasteiger partial charge >= 0.3 is 11.9 Å². The third-order valence-corrected chi connectivity index (χ3v) is 9.38. The van der Waals surface area contributed by atoms with Crippen LogP contribution in [-0.4, -0.2) is 45.1 Å². The fourth-order valence-corrected chi connectivity index (χ4v) is 7.42. The van der Waals surface area contributed by atoms with Crippen LogP contribution in [0.4, 0.5) is 0 Å². The van der Waals surface area contributed by atoms with Crippen LogP contribution in [-0.2, 0) is 14.3 Å². The number of carboxylic acids is 1. The number of rotatable bonds is 11. The molecule has 3 saturated carbocycles. The molecule has 3 rings (SSSR count). The molecular weight excluding hydrogens is 480 g/mol. The van der Waals surface area contributed by atoms with Crippen LogP contribution in [0, 0.1) is 23.2 Å². The standard InChI is InChI=1S/C32H50O6/c1-21-11-14-25(33)18-23(21)12-13-24-19-26(38-30(36)10-6-9-29(34)35)20-32(5)27(15-16-28(24)32)22(2)8-7-17-31(3,4)37/h12-13,22,25-28,33,37H,1,6-11,14-20H2,2-5H3,(H,34,35)/b23-12-,24-13+/t22-,25+,26+,27-,28+,32-/m1/s1. The van der Waals surface area contributed by atoms with Gasteiger partial charge in [-0.25, -0.2) is 0 Å². The Kier molecular flexibility index (Phi) is 10.4. The zero-order valence-electron chi connectivity index (χ0n) is 24.0. The van der Waals surface area contributed by atoms with Gasteiger partial charge in [0, 0.05) is 19.3 Å². The van der Waals surface area contributed by atoms with E-state index in [0.717, 1.165) is 62.5 Å². The summed E-state index contributed by atoms with van der Waals surface area (Å²) in [7, 11) is 0. The number of hydrogen-bond donors (Lipinski definition) is 3. The Hall–Kier alpha value is -1.92. The molecule has 0 spiro atoms. The topological polar surface area (TPSA) is 104 Å². The normalized spacial score (nSPS) is 32.8. The van der Waals surface area contributed by atoms with Crippen molar-refractivity contribution < 1.29 is 29.6 Å². The molecule has 0 aromatic carbocycles. The summed E-state index contributed by atoms with van der Waals surface area (Å²) in [6, 6.07) is 0. The largest absolute Gasteiger partial charge is 0.481 e. The van der Waals surface area contributed by atoms with E-state index in [1.54, 1.807) is 0 Å². The Morgan fingerprint density at radius 1 is 1.16 bits per heavy atom. The first kappa shape index (κ1) is 30.6. The molecule has 0 bridgehead atoms. The predicted molar refractivity (Wildman–Crippen MR) is 149 cm³/mol. The van der Waals surface area contributed by atoms with Gasteiger partial charge in [0.25, 0.3) is 0 Å². The summed E-state index contributed by atoms with van der Waals surface area (Å²) >= 11 is 0. The van der Waals surface area contributed by atoms with Gasteiger partial charge in [-0.2, -0.15) is 0 Å². The van der Waals surface area contributed by atoms with E-state index in [4.69, 9.17) is 9.84 Å². The van der Waals surface area contributed by atoms with Crippen molar-refractivity contribution in [3.63, 3.8) is 0 Å². The quantitative estimate of drug-likeness (QED) is 0.263. The van der Waals surface area contributed by atoms with Gasteiger partial charge in [0.1, 0.15) is 6.10 Å². The number of carboxylic acid groups (broad SMARTS) is 1. The molecule has 3 aliphatic rings. The monoisotopic (exact) mass is 530 g/mol. The second-order valence-electron chi connectivity index (χ2n) is 13.1. The highest BCUT2D eigenvalue weighted by molar-refractivity contribution is 5.71. The highest BCUT2D eigenvalue weighted by Gasteiger charge is 2.53. The number of aliphatic carboxylic acids is 1. The zero-order valence-corrected chi connectivity index (χ0v) is 24.0. The molecule has 38 heavy (non-hydrogen) atoms. The van der Waals surface area contributed by atoms with Crippen LogP contribution in [0.1, 0.15) is 111 Å². The van der Waals surface area contributed by atoms with Crippen molar-refractivity contribution in [3.05, 3.63) is 35.5 Å². The van der Waals surface area contributed by atoms with Gasteiger partial charge in [0.15, 0.2) is 0 Å². The van der Waals surface area contributed by atoms with Gasteiger partial charge in [0.05, 0.1) is 11.7 Å². The molecule has 0 aromatic heterocycles. The van der Waals surface area contributed by atoms with Gasteiger partial charge in [-0.1, -0.05) is 56.6 Å². The number of allylic oxidation sites excluding steroid dienone is 3. The van der Waals surface area contributed by atoms with Crippen LogP contribution in [0.15, 0.2) is 35.5 Å². The third kappa shape index (κ3) is 8.29. The summed E-state index contributed by atoms with van der Waals surface area (Å²) in [5.74, 6) is 0.221. The molecule has 0 radical (unpaired) electrons. The van der Waals surface area contributed by atoms with Crippen LogP contribution >= 0.6 is 0 Å². The van der Waals surface area contributed by atoms with E-state index >= 15 is 0 Å². The predicted octanol–water partition coefficient (Wildman–Crippen LogP) is 6.51. The smallest absolute Gasteiger partial charge is 0.306 e. The minimum absolute atomic E-state index is 0.00579. The number of carbonyl (C=O) groups is 2. The Bertz CT molecular complexity index is 925. The SMILES string of the molecule is C=C1CC[C@H](O)C/C1=C/C=C1\C[C@H](OC(=O)CCCC(=O)O)C[C@]2(C)[C@@H]([C@H](C)CCCC(C)(C)O)CC[C@@H]12. The molecule has 214 valence electrons. The van der Waals surface area contributed by atoms with Gasteiger partial charge in [-0.3, -0.25) is 9.59 Å². The van der Waals surface area contributed by atoms with Crippen LogP contribution in [0.3, 0.4) is 0 Å². The van der Waals surface area contributed by atoms with Gasteiger partial charge in [-0.15, -0.1) is 0 Å². The van der Waals surface area contributed by atoms with Crippen molar-refractivity contribution in [1.29, 1.82) is 0 Å². The second kappa shape index (κ2) is 13.0. The first-order chi connectivity index (χ1) is 17.8. The van der Waals surface area contributed by atoms with Crippen LogP contribution in [0.2, 0.25) is 0 Å².